The number of carbonyl (C=O) groups excluding carboxylic acids is 1. The second-order valence-electron chi connectivity index (χ2n) is 4.33. The number of hydrogen-bond donors (Lipinski definition) is 3. The van der Waals surface area contributed by atoms with Gasteiger partial charge in [0.2, 0.25) is 0 Å². The van der Waals surface area contributed by atoms with Gasteiger partial charge in [-0.25, -0.2) is 4.79 Å². The highest BCUT2D eigenvalue weighted by atomic mass is 35.5. The van der Waals surface area contributed by atoms with E-state index in [9.17, 15) is 20.0 Å². The number of nitro benzene ring substituents is 1. The second kappa shape index (κ2) is 7.21. The fourth-order valence-corrected chi connectivity index (χ4v) is 2.59. The van der Waals surface area contributed by atoms with E-state index in [1.807, 2.05) is 5.38 Å². The fourth-order valence-electron chi connectivity index (χ4n) is 1.66. The van der Waals surface area contributed by atoms with Crippen LogP contribution in [0.4, 0.5) is 16.2 Å². The molecule has 22 heavy (non-hydrogen) atoms. The van der Waals surface area contributed by atoms with Crippen LogP contribution >= 0.6 is 22.9 Å². The molecule has 0 saturated heterocycles. The SMILES string of the molecule is O=C(NCC(O)c1ccsc1)Nc1ccc([N+](=O)[O-])cc1Cl. The zero-order valence-corrected chi connectivity index (χ0v) is 12.7. The number of halogens is 1. The van der Waals surface area contributed by atoms with E-state index in [0.717, 1.165) is 11.6 Å². The van der Waals surface area contributed by atoms with E-state index in [-0.39, 0.29) is 22.9 Å². The van der Waals surface area contributed by atoms with Gasteiger partial charge in [-0.1, -0.05) is 11.6 Å². The highest BCUT2D eigenvalue weighted by molar-refractivity contribution is 7.07. The standard InChI is InChI=1S/C13H12ClN3O4S/c14-10-5-9(17(20)21)1-2-11(10)16-13(19)15-6-12(18)8-3-4-22-7-8/h1-5,7,12,18H,6H2,(H2,15,16,19). The molecular formula is C13H12ClN3O4S. The Hall–Kier alpha value is -2.16. The number of hydrogen-bond acceptors (Lipinski definition) is 5. The number of anilines is 1. The smallest absolute Gasteiger partial charge is 0.319 e. The van der Waals surface area contributed by atoms with Crippen molar-refractivity contribution in [1.82, 2.24) is 5.32 Å². The Morgan fingerprint density at radius 1 is 1.45 bits per heavy atom. The van der Waals surface area contributed by atoms with Crippen molar-refractivity contribution in [2.45, 2.75) is 6.10 Å². The third kappa shape index (κ3) is 4.17. The summed E-state index contributed by atoms with van der Waals surface area (Å²) in [4.78, 5) is 21.8. The fraction of sp³-hybridized carbons (Fsp3) is 0.154. The summed E-state index contributed by atoms with van der Waals surface area (Å²) in [6.45, 7) is 0.0349. The van der Waals surface area contributed by atoms with Gasteiger partial charge in [-0.2, -0.15) is 11.3 Å². The number of nitro groups is 1. The first-order valence-corrected chi connectivity index (χ1v) is 7.48. The molecule has 0 bridgehead atoms. The molecule has 0 aliphatic carbocycles. The van der Waals surface area contributed by atoms with Crippen LogP contribution in [0.15, 0.2) is 35.0 Å². The number of carbonyl (C=O) groups is 1. The molecule has 116 valence electrons. The van der Waals surface area contributed by atoms with Crippen LogP contribution in [-0.2, 0) is 0 Å². The number of rotatable bonds is 5. The Bertz CT molecular complexity index is 678. The minimum absolute atomic E-state index is 0.0349. The number of nitrogens with zero attached hydrogens (tertiary/aromatic N) is 1. The van der Waals surface area contributed by atoms with Crippen LogP contribution in [0, 0.1) is 10.1 Å². The Morgan fingerprint density at radius 2 is 2.23 bits per heavy atom. The number of nitrogens with one attached hydrogen (secondary N) is 2. The zero-order valence-electron chi connectivity index (χ0n) is 11.2. The average molecular weight is 342 g/mol. The van der Waals surface area contributed by atoms with Gasteiger partial charge in [-0.3, -0.25) is 10.1 Å². The molecule has 0 aliphatic heterocycles. The molecule has 0 radical (unpaired) electrons. The number of non-ortho nitro benzene ring substituents is 1. The lowest BCUT2D eigenvalue weighted by molar-refractivity contribution is -0.384. The van der Waals surface area contributed by atoms with Crippen molar-refractivity contribution in [2.75, 3.05) is 11.9 Å². The lowest BCUT2D eigenvalue weighted by atomic mass is 10.2. The van der Waals surface area contributed by atoms with Crippen LogP contribution < -0.4 is 10.6 Å². The second-order valence-corrected chi connectivity index (χ2v) is 5.52. The third-order valence-corrected chi connectivity index (χ3v) is 3.81. The molecule has 2 amide bonds. The topological polar surface area (TPSA) is 104 Å². The van der Waals surface area contributed by atoms with Gasteiger partial charge in [0.25, 0.3) is 5.69 Å². The first kappa shape index (κ1) is 16.2. The lowest BCUT2D eigenvalue weighted by Gasteiger charge is -2.12. The van der Waals surface area contributed by atoms with Crippen molar-refractivity contribution >= 4 is 40.3 Å². The first-order valence-electron chi connectivity index (χ1n) is 6.16. The molecule has 2 rings (SSSR count). The summed E-state index contributed by atoms with van der Waals surface area (Å²) in [5.41, 5.74) is 0.803. The van der Waals surface area contributed by atoms with Gasteiger partial charge in [0, 0.05) is 18.7 Å². The van der Waals surface area contributed by atoms with Crippen LogP contribution in [0.1, 0.15) is 11.7 Å². The molecule has 1 aromatic carbocycles. The van der Waals surface area contributed by atoms with Crippen molar-refractivity contribution in [1.29, 1.82) is 0 Å². The van der Waals surface area contributed by atoms with Crippen molar-refractivity contribution < 1.29 is 14.8 Å². The molecule has 1 unspecified atom stereocenters. The number of aliphatic hydroxyl groups is 1. The highest BCUT2D eigenvalue weighted by Crippen LogP contribution is 2.26. The Morgan fingerprint density at radius 3 is 2.82 bits per heavy atom. The molecule has 1 atom stereocenters. The quantitative estimate of drug-likeness (QED) is 0.573. The predicted octanol–water partition coefficient (Wildman–Crippen LogP) is 3.16. The van der Waals surface area contributed by atoms with Crippen LogP contribution in [0.5, 0.6) is 0 Å². The number of aliphatic hydroxyl groups excluding tert-OH is 1. The van der Waals surface area contributed by atoms with Gasteiger partial charge in [0.05, 0.1) is 21.7 Å². The molecule has 0 saturated carbocycles. The van der Waals surface area contributed by atoms with Gasteiger partial charge in [-0.15, -0.1) is 0 Å². The minimum atomic E-state index is -0.802. The van der Waals surface area contributed by atoms with Crippen LogP contribution in [-0.4, -0.2) is 22.6 Å². The molecule has 1 aromatic heterocycles. The summed E-state index contributed by atoms with van der Waals surface area (Å²) in [6, 6.07) is 4.93. The minimum Gasteiger partial charge on any atom is -0.387 e. The van der Waals surface area contributed by atoms with Crippen molar-refractivity contribution in [3.8, 4) is 0 Å². The van der Waals surface area contributed by atoms with E-state index in [1.54, 1.807) is 11.4 Å². The van der Waals surface area contributed by atoms with E-state index in [4.69, 9.17) is 11.6 Å². The van der Waals surface area contributed by atoms with E-state index in [2.05, 4.69) is 10.6 Å². The van der Waals surface area contributed by atoms with Crippen LogP contribution in [0.25, 0.3) is 0 Å². The largest absolute Gasteiger partial charge is 0.387 e. The summed E-state index contributed by atoms with van der Waals surface area (Å²) in [6.07, 6.45) is -0.802. The van der Waals surface area contributed by atoms with Crippen molar-refractivity contribution in [3.63, 3.8) is 0 Å². The van der Waals surface area contributed by atoms with Gasteiger partial charge < -0.3 is 15.7 Å². The maximum Gasteiger partial charge on any atom is 0.319 e. The molecule has 9 heteroatoms. The van der Waals surface area contributed by atoms with E-state index in [1.165, 1.54) is 23.5 Å². The van der Waals surface area contributed by atoms with Crippen molar-refractivity contribution in [2.24, 2.45) is 0 Å². The summed E-state index contributed by atoms with van der Waals surface area (Å²) in [5, 5.41) is 29.1. The van der Waals surface area contributed by atoms with Gasteiger partial charge in [-0.05, 0) is 28.5 Å². The molecule has 0 spiro atoms. The molecule has 3 N–H and O–H groups in total. The van der Waals surface area contributed by atoms with Gasteiger partial charge >= 0.3 is 6.03 Å². The third-order valence-electron chi connectivity index (χ3n) is 2.80. The average Bonchev–Trinajstić information content (AvgIpc) is 3.01. The molecule has 2 aromatic rings. The van der Waals surface area contributed by atoms with Crippen molar-refractivity contribution in [3.05, 3.63) is 55.7 Å². The molecule has 1 heterocycles. The van der Waals surface area contributed by atoms with E-state index >= 15 is 0 Å². The maximum atomic E-state index is 11.7. The summed E-state index contributed by atoms with van der Waals surface area (Å²) < 4.78 is 0. The van der Waals surface area contributed by atoms with Crippen LogP contribution in [0.3, 0.4) is 0 Å². The summed E-state index contributed by atoms with van der Waals surface area (Å²) in [5.74, 6) is 0. The number of benzene rings is 1. The van der Waals surface area contributed by atoms with E-state index in [0.29, 0.717) is 0 Å². The number of thiophene rings is 1. The highest BCUT2D eigenvalue weighted by Gasteiger charge is 2.13. The summed E-state index contributed by atoms with van der Waals surface area (Å²) >= 11 is 7.32. The van der Waals surface area contributed by atoms with Gasteiger partial charge in [0.15, 0.2) is 0 Å². The molecule has 7 nitrogen and oxygen atoms in total. The zero-order chi connectivity index (χ0) is 16.1. The number of urea groups is 1. The lowest BCUT2D eigenvalue weighted by Crippen LogP contribution is -2.32. The maximum absolute atomic E-state index is 11.7. The molecular weight excluding hydrogens is 330 g/mol. The predicted molar refractivity (Wildman–Crippen MR) is 84.4 cm³/mol. The molecule has 0 fully saturated rings. The van der Waals surface area contributed by atoms with Crippen LogP contribution in [0.2, 0.25) is 5.02 Å². The monoisotopic (exact) mass is 341 g/mol. The Labute approximate surface area is 134 Å². The number of amides is 2. The molecule has 0 aliphatic rings. The Kier molecular flexibility index (Phi) is 5.31. The summed E-state index contributed by atoms with van der Waals surface area (Å²) in [7, 11) is 0. The van der Waals surface area contributed by atoms with E-state index < -0.39 is 17.1 Å². The van der Waals surface area contributed by atoms with Gasteiger partial charge in [0.1, 0.15) is 0 Å². The Balaban J connectivity index is 1.91. The normalized spacial score (nSPS) is 11.7. The first-order chi connectivity index (χ1) is 10.5.